The first-order valence-corrected chi connectivity index (χ1v) is 8.20. The highest BCUT2D eigenvalue weighted by molar-refractivity contribution is 9.11. The van der Waals surface area contributed by atoms with Crippen LogP contribution in [0.3, 0.4) is 0 Å². The van der Waals surface area contributed by atoms with Gasteiger partial charge in [-0.2, -0.15) is 0 Å². The summed E-state index contributed by atoms with van der Waals surface area (Å²) in [6, 6.07) is 4.72. The number of carbonyl (C=O) groups is 2. The monoisotopic (exact) mass is 418 g/mol. The third-order valence-corrected chi connectivity index (χ3v) is 4.37. The zero-order valence-corrected chi connectivity index (χ0v) is 14.7. The molecule has 0 spiro atoms. The Labute approximate surface area is 140 Å². The van der Waals surface area contributed by atoms with Gasteiger partial charge in [-0.15, -0.1) is 0 Å². The number of amides is 2. The second-order valence-electron chi connectivity index (χ2n) is 4.76. The topological polar surface area (TPSA) is 58.6 Å². The number of ether oxygens (including phenoxy) is 1. The van der Waals surface area contributed by atoms with Gasteiger partial charge in [0.15, 0.2) is 0 Å². The number of benzene rings is 1. The van der Waals surface area contributed by atoms with Gasteiger partial charge in [0.2, 0.25) is 5.91 Å². The molecule has 1 unspecified atom stereocenters. The van der Waals surface area contributed by atoms with E-state index >= 15 is 0 Å². The number of morpholine rings is 1. The van der Waals surface area contributed by atoms with E-state index in [1.807, 2.05) is 0 Å². The summed E-state index contributed by atoms with van der Waals surface area (Å²) < 4.78 is 6.77. The van der Waals surface area contributed by atoms with Gasteiger partial charge in [-0.3, -0.25) is 9.59 Å². The number of nitrogens with one attached hydrogen (secondary N) is 1. The number of carbonyl (C=O) groups excluding carboxylic acids is 2. The van der Waals surface area contributed by atoms with Crippen LogP contribution in [-0.4, -0.2) is 49.1 Å². The first-order chi connectivity index (χ1) is 9.99. The number of rotatable bonds is 3. The molecule has 1 atom stereocenters. The van der Waals surface area contributed by atoms with E-state index in [-0.39, 0.29) is 11.8 Å². The maximum absolute atomic E-state index is 12.2. The molecule has 1 saturated heterocycles. The Morgan fingerprint density at radius 2 is 1.95 bits per heavy atom. The van der Waals surface area contributed by atoms with Gasteiger partial charge in [0.1, 0.15) is 6.04 Å². The van der Waals surface area contributed by atoms with Gasteiger partial charge < -0.3 is 15.0 Å². The van der Waals surface area contributed by atoms with Crippen molar-refractivity contribution in [2.45, 2.75) is 13.0 Å². The van der Waals surface area contributed by atoms with Crippen molar-refractivity contribution in [3.05, 3.63) is 32.7 Å². The predicted molar refractivity (Wildman–Crippen MR) is 86.2 cm³/mol. The zero-order valence-electron chi connectivity index (χ0n) is 11.6. The van der Waals surface area contributed by atoms with E-state index in [1.54, 1.807) is 30.0 Å². The van der Waals surface area contributed by atoms with Gasteiger partial charge in [-0.1, -0.05) is 15.9 Å². The fraction of sp³-hybridized carbons (Fsp3) is 0.429. The van der Waals surface area contributed by atoms with Crippen molar-refractivity contribution >= 4 is 43.7 Å². The van der Waals surface area contributed by atoms with Gasteiger partial charge in [-0.05, 0) is 41.1 Å². The largest absolute Gasteiger partial charge is 0.378 e. The molecule has 0 aromatic heterocycles. The number of hydrogen-bond donors (Lipinski definition) is 1. The van der Waals surface area contributed by atoms with Crippen LogP contribution in [0.25, 0.3) is 0 Å². The lowest BCUT2D eigenvalue weighted by Crippen LogP contribution is -2.50. The van der Waals surface area contributed by atoms with E-state index in [0.717, 1.165) is 4.47 Å². The first-order valence-electron chi connectivity index (χ1n) is 6.61. The molecule has 0 radical (unpaired) electrons. The average molecular weight is 420 g/mol. The standard InChI is InChI=1S/C14H16Br2N2O3/c1-9(14(20)18-4-6-21-7-5-18)17-13(19)11-3-2-10(15)8-12(11)16/h2-3,8-9H,4-7H2,1H3,(H,17,19). The van der Waals surface area contributed by atoms with E-state index in [9.17, 15) is 9.59 Å². The van der Waals surface area contributed by atoms with Crippen molar-refractivity contribution in [3.8, 4) is 0 Å². The number of nitrogens with zero attached hydrogens (tertiary/aromatic N) is 1. The molecule has 1 heterocycles. The Balaban J connectivity index is 1.99. The summed E-state index contributed by atoms with van der Waals surface area (Å²) in [5, 5.41) is 2.74. The lowest BCUT2D eigenvalue weighted by atomic mass is 10.2. The smallest absolute Gasteiger partial charge is 0.253 e. The van der Waals surface area contributed by atoms with Crippen molar-refractivity contribution in [2.75, 3.05) is 26.3 Å². The van der Waals surface area contributed by atoms with E-state index < -0.39 is 6.04 Å². The Hall–Kier alpha value is -0.920. The van der Waals surface area contributed by atoms with Gasteiger partial charge >= 0.3 is 0 Å². The van der Waals surface area contributed by atoms with E-state index in [4.69, 9.17) is 4.74 Å². The molecule has 0 aliphatic carbocycles. The highest BCUT2D eigenvalue weighted by atomic mass is 79.9. The molecule has 0 saturated carbocycles. The van der Waals surface area contributed by atoms with Crippen LogP contribution in [0.5, 0.6) is 0 Å². The molecule has 114 valence electrons. The molecule has 1 fully saturated rings. The highest BCUT2D eigenvalue weighted by Crippen LogP contribution is 2.22. The van der Waals surface area contributed by atoms with E-state index in [1.165, 1.54) is 0 Å². The second-order valence-corrected chi connectivity index (χ2v) is 6.53. The summed E-state index contributed by atoms with van der Waals surface area (Å²) >= 11 is 6.69. The Bertz CT molecular complexity index is 545. The quantitative estimate of drug-likeness (QED) is 0.816. The van der Waals surface area contributed by atoms with Crippen molar-refractivity contribution in [1.29, 1.82) is 0 Å². The minimum absolute atomic E-state index is 0.0834. The van der Waals surface area contributed by atoms with Crippen molar-refractivity contribution < 1.29 is 14.3 Å². The fourth-order valence-electron chi connectivity index (χ4n) is 2.07. The molecule has 1 aliphatic heterocycles. The lowest BCUT2D eigenvalue weighted by Gasteiger charge is -2.29. The molecule has 1 aromatic rings. The van der Waals surface area contributed by atoms with Crippen LogP contribution >= 0.6 is 31.9 Å². The SMILES string of the molecule is CC(NC(=O)c1ccc(Br)cc1Br)C(=O)N1CCOCC1. The van der Waals surface area contributed by atoms with Crippen LogP contribution in [0.1, 0.15) is 17.3 Å². The molecule has 21 heavy (non-hydrogen) atoms. The summed E-state index contributed by atoms with van der Waals surface area (Å²) in [4.78, 5) is 26.2. The van der Waals surface area contributed by atoms with Crippen LogP contribution in [0.4, 0.5) is 0 Å². The third kappa shape index (κ3) is 4.28. The Morgan fingerprint density at radius 1 is 1.29 bits per heavy atom. The summed E-state index contributed by atoms with van der Waals surface area (Å²) in [6.45, 7) is 3.93. The van der Waals surface area contributed by atoms with Crippen LogP contribution in [-0.2, 0) is 9.53 Å². The van der Waals surface area contributed by atoms with Gasteiger partial charge in [-0.25, -0.2) is 0 Å². The third-order valence-electron chi connectivity index (χ3n) is 3.22. The molecule has 0 bridgehead atoms. The molecule has 7 heteroatoms. The highest BCUT2D eigenvalue weighted by Gasteiger charge is 2.24. The van der Waals surface area contributed by atoms with Crippen LogP contribution in [0.15, 0.2) is 27.1 Å². The van der Waals surface area contributed by atoms with Gasteiger partial charge in [0.05, 0.1) is 18.8 Å². The van der Waals surface area contributed by atoms with E-state index in [2.05, 4.69) is 37.2 Å². The molecular weight excluding hydrogens is 404 g/mol. The maximum Gasteiger partial charge on any atom is 0.253 e. The molecule has 1 N–H and O–H groups in total. The normalized spacial score (nSPS) is 16.4. The van der Waals surface area contributed by atoms with Crippen molar-refractivity contribution in [1.82, 2.24) is 10.2 Å². The molecular formula is C14H16Br2N2O3. The van der Waals surface area contributed by atoms with Crippen molar-refractivity contribution in [3.63, 3.8) is 0 Å². The van der Waals surface area contributed by atoms with Crippen LogP contribution < -0.4 is 5.32 Å². The van der Waals surface area contributed by atoms with Crippen LogP contribution in [0, 0.1) is 0 Å². The average Bonchev–Trinajstić information content (AvgIpc) is 2.47. The zero-order chi connectivity index (χ0) is 15.4. The van der Waals surface area contributed by atoms with Crippen molar-refractivity contribution in [2.24, 2.45) is 0 Å². The summed E-state index contributed by atoms with van der Waals surface area (Å²) in [6.07, 6.45) is 0. The molecule has 2 rings (SSSR count). The van der Waals surface area contributed by atoms with Gasteiger partial charge in [0.25, 0.3) is 5.91 Å². The Morgan fingerprint density at radius 3 is 2.57 bits per heavy atom. The lowest BCUT2D eigenvalue weighted by molar-refractivity contribution is -0.136. The predicted octanol–water partition coefficient (Wildman–Crippen LogP) is 2.19. The maximum atomic E-state index is 12.2. The van der Waals surface area contributed by atoms with Crippen LogP contribution in [0.2, 0.25) is 0 Å². The minimum atomic E-state index is -0.564. The van der Waals surface area contributed by atoms with Gasteiger partial charge in [0, 0.05) is 22.0 Å². The summed E-state index contributed by atoms with van der Waals surface area (Å²) in [5.41, 5.74) is 0.500. The molecule has 1 aliphatic rings. The second kappa shape index (κ2) is 7.38. The van der Waals surface area contributed by atoms with E-state index in [0.29, 0.717) is 36.3 Å². The minimum Gasteiger partial charge on any atom is -0.378 e. The molecule has 5 nitrogen and oxygen atoms in total. The molecule has 2 amide bonds. The summed E-state index contributed by atoms with van der Waals surface area (Å²) in [5.74, 6) is -0.358. The first kappa shape index (κ1) is 16.5. The Kier molecular flexibility index (Phi) is 5.78. The number of halogens is 2. The summed E-state index contributed by atoms with van der Waals surface area (Å²) in [7, 11) is 0. The fourth-order valence-corrected chi connectivity index (χ4v) is 3.29. The molecule has 1 aromatic carbocycles. The number of hydrogen-bond acceptors (Lipinski definition) is 3.